The van der Waals surface area contributed by atoms with Gasteiger partial charge in [0.15, 0.2) is 0 Å². The highest BCUT2D eigenvalue weighted by molar-refractivity contribution is 4.64. The van der Waals surface area contributed by atoms with Crippen molar-refractivity contribution in [3.05, 3.63) is 0 Å². The Hall–Kier alpha value is -0.0400. The van der Waals surface area contributed by atoms with Crippen LogP contribution in [0.15, 0.2) is 0 Å². The van der Waals surface area contributed by atoms with E-state index in [0.29, 0.717) is 0 Å². The second-order valence-electron chi connectivity index (χ2n) is 3.06. The van der Waals surface area contributed by atoms with E-state index in [-0.39, 0.29) is 12.0 Å². The van der Waals surface area contributed by atoms with Crippen molar-refractivity contribution in [3.8, 4) is 0 Å². The van der Waals surface area contributed by atoms with Crippen molar-refractivity contribution < 1.29 is 5.11 Å². The molecule has 0 N–H and O–H groups in total. The molecule has 0 aromatic rings. The molecule has 0 fully saturated rings. The van der Waals surface area contributed by atoms with Gasteiger partial charge in [0.25, 0.3) is 0 Å². The van der Waals surface area contributed by atoms with Crippen molar-refractivity contribution in [1.82, 2.24) is 0 Å². The molecule has 0 aliphatic carbocycles. The Bertz CT molecular complexity index is 57.4. The molecule has 0 bridgehead atoms. The number of hydrogen-bond acceptors (Lipinski definition) is 0. The average Bonchev–Trinajstić information content (AvgIpc) is 1.67. The van der Waals surface area contributed by atoms with Gasteiger partial charge in [-0.25, -0.2) is 5.11 Å². The Morgan fingerprint density at radius 1 is 1.38 bits per heavy atom. The molecule has 0 heterocycles. The van der Waals surface area contributed by atoms with Crippen LogP contribution < -0.4 is 0 Å². The zero-order chi connectivity index (χ0) is 6.62. The summed E-state index contributed by atoms with van der Waals surface area (Å²) >= 11 is 0. The van der Waals surface area contributed by atoms with Crippen LogP contribution in [0.1, 0.15) is 33.6 Å². The van der Waals surface area contributed by atoms with Crippen molar-refractivity contribution in [2.24, 2.45) is 5.41 Å². The minimum absolute atomic E-state index is 0.0365. The lowest BCUT2D eigenvalue weighted by atomic mass is 9.89. The van der Waals surface area contributed by atoms with Gasteiger partial charge in [0.05, 0.1) is 6.61 Å². The maximum absolute atomic E-state index is 10.3. The summed E-state index contributed by atoms with van der Waals surface area (Å²) in [6.45, 7) is 6.20. The van der Waals surface area contributed by atoms with Crippen molar-refractivity contribution in [3.63, 3.8) is 0 Å². The van der Waals surface area contributed by atoms with Crippen LogP contribution in [0.4, 0.5) is 0 Å². The largest absolute Gasteiger partial charge is 0.236 e. The van der Waals surface area contributed by atoms with Crippen molar-refractivity contribution in [2.75, 3.05) is 6.61 Å². The summed E-state index contributed by atoms with van der Waals surface area (Å²) in [5.41, 5.74) is 0.0365. The minimum Gasteiger partial charge on any atom is -0.236 e. The molecule has 1 nitrogen and oxygen atoms in total. The zero-order valence-corrected chi connectivity index (χ0v) is 6.03. The van der Waals surface area contributed by atoms with Gasteiger partial charge in [-0.05, 0) is 11.8 Å². The van der Waals surface area contributed by atoms with Gasteiger partial charge in [-0.1, -0.05) is 27.2 Å². The van der Waals surface area contributed by atoms with Gasteiger partial charge in [-0.15, -0.1) is 0 Å². The summed E-state index contributed by atoms with van der Waals surface area (Å²) in [4.78, 5) is 0. The molecule has 0 aromatic carbocycles. The number of rotatable bonds is 3. The van der Waals surface area contributed by atoms with Crippen LogP contribution >= 0.6 is 0 Å². The molecule has 0 atom stereocenters. The minimum atomic E-state index is 0.0365. The molecule has 0 rings (SSSR count). The molecule has 1 radical (unpaired) electrons. The van der Waals surface area contributed by atoms with E-state index in [1.807, 2.05) is 13.8 Å². The molecule has 0 saturated heterocycles. The van der Waals surface area contributed by atoms with Crippen LogP contribution in [0.25, 0.3) is 0 Å². The lowest BCUT2D eigenvalue weighted by Crippen LogP contribution is -2.14. The predicted octanol–water partition coefficient (Wildman–Crippen LogP) is 2.24. The highest BCUT2D eigenvalue weighted by Crippen LogP contribution is 2.20. The van der Waals surface area contributed by atoms with E-state index in [4.69, 9.17) is 0 Å². The topological polar surface area (TPSA) is 19.9 Å². The van der Waals surface area contributed by atoms with Gasteiger partial charge in [0, 0.05) is 0 Å². The predicted molar refractivity (Wildman–Crippen MR) is 34.2 cm³/mol. The molecule has 0 aliphatic rings. The van der Waals surface area contributed by atoms with Crippen LogP contribution in [-0.4, -0.2) is 6.61 Å². The molecule has 0 spiro atoms. The SMILES string of the molecule is CCCC(C)(C)C[O]. The first-order chi connectivity index (χ1) is 3.62. The van der Waals surface area contributed by atoms with Gasteiger partial charge < -0.3 is 0 Å². The molecule has 49 valence electrons. The first-order valence-corrected chi connectivity index (χ1v) is 3.20. The Balaban J connectivity index is 3.37. The van der Waals surface area contributed by atoms with Crippen LogP contribution in [0.2, 0.25) is 0 Å². The quantitative estimate of drug-likeness (QED) is 0.537. The third kappa shape index (κ3) is 3.03. The Morgan fingerprint density at radius 2 is 1.88 bits per heavy atom. The average molecular weight is 115 g/mol. The highest BCUT2D eigenvalue weighted by atomic mass is 16.3. The van der Waals surface area contributed by atoms with Gasteiger partial charge in [-0.3, -0.25) is 0 Å². The van der Waals surface area contributed by atoms with Crippen LogP contribution in [0, 0.1) is 5.41 Å². The molecule has 1 heteroatoms. The van der Waals surface area contributed by atoms with Gasteiger partial charge in [-0.2, -0.15) is 0 Å². The smallest absolute Gasteiger partial charge is 0.0873 e. The van der Waals surface area contributed by atoms with Crippen molar-refractivity contribution in [2.45, 2.75) is 33.6 Å². The van der Waals surface area contributed by atoms with E-state index in [2.05, 4.69) is 6.92 Å². The summed E-state index contributed by atoms with van der Waals surface area (Å²) in [5, 5.41) is 10.3. The molecule has 0 saturated carbocycles. The molecule has 0 aromatic heterocycles. The fraction of sp³-hybridized carbons (Fsp3) is 1.00. The molecule has 0 unspecified atom stereocenters. The highest BCUT2D eigenvalue weighted by Gasteiger charge is 2.14. The van der Waals surface area contributed by atoms with E-state index in [0.717, 1.165) is 12.8 Å². The summed E-state index contributed by atoms with van der Waals surface area (Å²) in [6, 6.07) is 0. The first-order valence-electron chi connectivity index (χ1n) is 3.20. The zero-order valence-electron chi connectivity index (χ0n) is 6.03. The third-order valence-electron chi connectivity index (χ3n) is 1.32. The molecule has 0 aliphatic heterocycles. The maximum atomic E-state index is 10.3. The second kappa shape index (κ2) is 3.08. The Morgan fingerprint density at radius 3 is 2.00 bits per heavy atom. The first kappa shape index (κ1) is 7.96. The standard InChI is InChI=1S/C7H15O/c1-4-5-7(2,3)6-8/h4-6H2,1-3H3. The van der Waals surface area contributed by atoms with Crippen LogP contribution in [0.5, 0.6) is 0 Å². The molecular formula is C7H15O. The van der Waals surface area contributed by atoms with Crippen molar-refractivity contribution in [1.29, 1.82) is 0 Å². The van der Waals surface area contributed by atoms with Gasteiger partial charge in [0.1, 0.15) is 0 Å². The van der Waals surface area contributed by atoms with E-state index in [9.17, 15) is 5.11 Å². The summed E-state index contributed by atoms with van der Waals surface area (Å²) in [7, 11) is 0. The monoisotopic (exact) mass is 115 g/mol. The molecule has 0 amide bonds. The summed E-state index contributed by atoms with van der Waals surface area (Å²) in [6.07, 6.45) is 2.17. The Labute approximate surface area is 51.7 Å². The second-order valence-corrected chi connectivity index (χ2v) is 3.06. The lowest BCUT2D eigenvalue weighted by molar-refractivity contribution is 0.0865. The van der Waals surface area contributed by atoms with E-state index < -0.39 is 0 Å². The van der Waals surface area contributed by atoms with E-state index >= 15 is 0 Å². The normalized spacial score (nSPS) is 12.0. The van der Waals surface area contributed by atoms with E-state index in [1.54, 1.807) is 0 Å². The van der Waals surface area contributed by atoms with Gasteiger partial charge >= 0.3 is 0 Å². The number of hydrogen-bond donors (Lipinski definition) is 0. The Kier molecular flexibility index (Phi) is 3.06. The van der Waals surface area contributed by atoms with E-state index in [1.165, 1.54) is 0 Å². The van der Waals surface area contributed by atoms with Crippen molar-refractivity contribution >= 4 is 0 Å². The molecule has 8 heavy (non-hydrogen) atoms. The van der Waals surface area contributed by atoms with Gasteiger partial charge in [0.2, 0.25) is 0 Å². The molecular weight excluding hydrogens is 100 g/mol. The lowest BCUT2D eigenvalue weighted by Gasteiger charge is -2.18. The summed E-state index contributed by atoms with van der Waals surface area (Å²) in [5.74, 6) is 0. The van der Waals surface area contributed by atoms with Crippen LogP contribution in [-0.2, 0) is 5.11 Å². The van der Waals surface area contributed by atoms with Crippen LogP contribution in [0.3, 0.4) is 0 Å². The third-order valence-corrected chi connectivity index (χ3v) is 1.32. The fourth-order valence-corrected chi connectivity index (χ4v) is 0.749. The summed E-state index contributed by atoms with van der Waals surface area (Å²) < 4.78 is 0. The fourth-order valence-electron chi connectivity index (χ4n) is 0.749. The maximum Gasteiger partial charge on any atom is 0.0873 e.